The number of likely N-dealkylation sites (tertiary alicyclic amines) is 1. The quantitative estimate of drug-likeness (QED) is 0.708. The second-order valence-electron chi connectivity index (χ2n) is 6.00. The van der Waals surface area contributed by atoms with Crippen LogP contribution >= 0.6 is 11.6 Å². The zero-order chi connectivity index (χ0) is 16.8. The summed E-state index contributed by atoms with van der Waals surface area (Å²) in [6, 6.07) is 6.98. The van der Waals surface area contributed by atoms with Gasteiger partial charge in [0.2, 0.25) is 0 Å². The molecule has 0 spiro atoms. The Morgan fingerprint density at radius 2 is 2.08 bits per heavy atom. The van der Waals surface area contributed by atoms with Crippen molar-refractivity contribution in [1.82, 2.24) is 19.5 Å². The normalized spacial score (nSPS) is 16.1. The van der Waals surface area contributed by atoms with Gasteiger partial charge in [-0.25, -0.2) is 14.3 Å². The van der Waals surface area contributed by atoms with Crippen LogP contribution in [0.4, 0.5) is 4.79 Å². The van der Waals surface area contributed by atoms with E-state index in [0.717, 1.165) is 5.39 Å². The molecule has 1 amide bonds. The SMILES string of the molecule is O=C(O)N1CCC(c2cc(=O)n3[nH]c4c(Cl)cccc4c3n2)CC1. The van der Waals surface area contributed by atoms with Gasteiger partial charge in [-0.1, -0.05) is 17.7 Å². The summed E-state index contributed by atoms with van der Waals surface area (Å²) in [5, 5.41) is 13.4. The van der Waals surface area contributed by atoms with Crippen LogP contribution in [0, 0.1) is 0 Å². The highest BCUT2D eigenvalue weighted by Crippen LogP contribution is 2.28. The first-order valence-electron chi connectivity index (χ1n) is 7.72. The minimum atomic E-state index is -0.900. The first kappa shape index (κ1) is 15.0. The molecule has 2 aromatic heterocycles. The molecule has 24 heavy (non-hydrogen) atoms. The summed E-state index contributed by atoms with van der Waals surface area (Å²) in [5.41, 5.74) is 1.76. The Morgan fingerprint density at radius 3 is 2.79 bits per heavy atom. The van der Waals surface area contributed by atoms with E-state index in [1.165, 1.54) is 15.5 Å². The van der Waals surface area contributed by atoms with E-state index in [-0.39, 0.29) is 11.5 Å². The molecule has 3 heterocycles. The molecule has 2 N–H and O–H groups in total. The van der Waals surface area contributed by atoms with E-state index in [2.05, 4.69) is 10.1 Å². The number of aromatic amines is 1. The second-order valence-corrected chi connectivity index (χ2v) is 6.40. The number of benzene rings is 1. The molecule has 0 bridgehead atoms. The predicted octanol–water partition coefficient (Wildman–Crippen LogP) is 2.69. The topological polar surface area (TPSA) is 90.7 Å². The van der Waals surface area contributed by atoms with Gasteiger partial charge in [-0.15, -0.1) is 0 Å². The minimum Gasteiger partial charge on any atom is -0.465 e. The van der Waals surface area contributed by atoms with Gasteiger partial charge in [0.05, 0.1) is 16.2 Å². The van der Waals surface area contributed by atoms with Gasteiger partial charge in [0.25, 0.3) is 5.56 Å². The lowest BCUT2D eigenvalue weighted by Gasteiger charge is -2.29. The molecule has 1 saturated heterocycles. The Balaban J connectivity index is 1.78. The largest absolute Gasteiger partial charge is 0.465 e. The van der Waals surface area contributed by atoms with Gasteiger partial charge in [0, 0.05) is 30.5 Å². The van der Waals surface area contributed by atoms with Crippen LogP contribution < -0.4 is 5.56 Å². The van der Waals surface area contributed by atoms with E-state index < -0.39 is 6.09 Å². The van der Waals surface area contributed by atoms with E-state index in [1.807, 2.05) is 12.1 Å². The van der Waals surface area contributed by atoms with Crippen LogP contribution in [0.15, 0.2) is 29.1 Å². The Kier molecular flexibility index (Phi) is 3.45. The summed E-state index contributed by atoms with van der Waals surface area (Å²) in [6.07, 6.45) is 0.430. The van der Waals surface area contributed by atoms with Crippen molar-refractivity contribution in [3.8, 4) is 0 Å². The van der Waals surface area contributed by atoms with Gasteiger partial charge in [0.15, 0.2) is 5.65 Å². The van der Waals surface area contributed by atoms with Crippen LogP contribution in [0.5, 0.6) is 0 Å². The Labute approximate surface area is 141 Å². The van der Waals surface area contributed by atoms with Crippen molar-refractivity contribution in [3.05, 3.63) is 45.3 Å². The van der Waals surface area contributed by atoms with Gasteiger partial charge in [-0.2, -0.15) is 0 Å². The molecular formula is C16H15ClN4O3. The summed E-state index contributed by atoms with van der Waals surface area (Å²) in [4.78, 5) is 29.5. The lowest BCUT2D eigenvalue weighted by Crippen LogP contribution is -2.37. The predicted molar refractivity (Wildman–Crippen MR) is 89.9 cm³/mol. The minimum absolute atomic E-state index is 0.0856. The average Bonchev–Trinajstić information content (AvgIpc) is 2.96. The zero-order valence-corrected chi connectivity index (χ0v) is 13.5. The van der Waals surface area contributed by atoms with E-state index >= 15 is 0 Å². The number of para-hydroxylation sites is 1. The lowest BCUT2D eigenvalue weighted by molar-refractivity contribution is 0.131. The van der Waals surface area contributed by atoms with Gasteiger partial charge < -0.3 is 10.0 Å². The molecule has 0 aliphatic carbocycles. The highest BCUT2D eigenvalue weighted by molar-refractivity contribution is 6.35. The molecule has 4 rings (SSSR count). The summed E-state index contributed by atoms with van der Waals surface area (Å²) in [7, 11) is 0. The molecule has 3 aromatic rings. The molecule has 0 atom stereocenters. The molecule has 1 fully saturated rings. The van der Waals surface area contributed by atoms with Crippen LogP contribution in [0.2, 0.25) is 5.02 Å². The molecule has 124 valence electrons. The summed E-state index contributed by atoms with van der Waals surface area (Å²) >= 11 is 6.18. The number of nitrogens with one attached hydrogen (secondary N) is 1. The zero-order valence-electron chi connectivity index (χ0n) is 12.7. The number of carboxylic acid groups (broad SMARTS) is 1. The molecule has 7 nitrogen and oxygen atoms in total. The number of halogens is 1. The molecule has 8 heteroatoms. The third kappa shape index (κ3) is 2.32. The van der Waals surface area contributed by atoms with Gasteiger partial charge in [0.1, 0.15) is 0 Å². The van der Waals surface area contributed by atoms with Crippen molar-refractivity contribution in [1.29, 1.82) is 0 Å². The third-order valence-electron chi connectivity index (χ3n) is 4.60. The fourth-order valence-corrected chi connectivity index (χ4v) is 3.52. The van der Waals surface area contributed by atoms with E-state index in [0.29, 0.717) is 47.8 Å². The van der Waals surface area contributed by atoms with Crippen LogP contribution in [-0.4, -0.2) is 43.8 Å². The Morgan fingerprint density at radius 1 is 1.33 bits per heavy atom. The summed E-state index contributed by atoms with van der Waals surface area (Å²) in [5.74, 6) is 0.0856. The monoisotopic (exact) mass is 346 g/mol. The number of piperidine rings is 1. The van der Waals surface area contributed by atoms with Crippen molar-refractivity contribution in [2.75, 3.05) is 13.1 Å². The van der Waals surface area contributed by atoms with Crippen LogP contribution in [-0.2, 0) is 0 Å². The van der Waals surface area contributed by atoms with Crippen molar-refractivity contribution < 1.29 is 9.90 Å². The number of aromatic nitrogens is 3. The van der Waals surface area contributed by atoms with Gasteiger partial charge in [-0.05, 0) is 25.0 Å². The number of rotatable bonds is 1. The number of nitrogens with zero attached hydrogens (tertiary/aromatic N) is 3. The third-order valence-corrected chi connectivity index (χ3v) is 4.92. The second kappa shape index (κ2) is 5.52. The van der Waals surface area contributed by atoms with Crippen LogP contribution in [0.25, 0.3) is 16.6 Å². The average molecular weight is 347 g/mol. The molecule has 0 radical (unpaired) electrons. The summed E-state index contributed by atoms with van der Waals surface area (Å²) < 4.78 is 1.40. The molecule has 1 aliphatic heterocycles. The smallest absolute Gasteiger partial charge is 0.407 e. The lowest BCUT2D eigenvalue weighted by atomic mass is 9.93. The Bertz CT molecular complexity index is 1000. The Hall–Kier alpha value is -2.54. The van der Waals surface area contributed by atoms with Gasteiger partial charge >= 0.3 is 6.09 Å². The van der Waals surface area contributed by atoms with Crippen LogP contribution in [0.1, 0.15) is 24.5 Å². The van der Waals surface area contributed by atoms with E-state index in [9.17, 15) is 9.59 Å². The number of amides is 1. The first-order chi connectivity index (χ1) is 11.5. The van der Waals surface area contributed by atoms with Crippen molar-refractivity contribution in [2.45, 2.75) is 18.8 Å². The maximum Gasteiger partial charge on any atom is 0.407 e. The number of H-pyrrole nitrogens is 1. The van der Waals surface area contributed by atoms with Crippen LogP contribution in [0.3, 0.4) is 0 Å². The maximum atomic E-state index is 12.4. The molecule has 0 unspecified atom stereocenters. The van der Waals surface area contributed by atoms with Crippen molar-refractivity contribution in [3.63, 3.8) is 0 Å². The highest BCUT2D eigenvalue weighted by atomic mass is 35.5. The fourth-order valence-electron chi connectivity index (χ4n) is 3.30. The van der Waals surface area contributed by atoms with E-state index in [4.69, 9.17) is 16.7 Å². The van der Waals surface area contributed by atoms with Crippen molar-refractivity contribution >= 4 is 34.2 Å². The molecule has 0 saturated carbocycles. The van der Waals surface area contributed by atoms with Gasteiger partial charge in [-0.3, -0.25) is 9.89 Å². The highest BCUT2D eigenvalue weighted by Gasteiger charge is 2.25. The van der Waals surface area contributed by atoms with Crippen molar-refractivity contribution in [2.24, 2.45) is 0 Å². The maximum absolute atomic E-state index is 12.4. The molecule has 1 aliphatic rings. The number of carbonyl (C=O) groups is 1. The number of hydrogen-bond acceptors (Lipinski definition) is 3. The number of fused-ring (bicyclic) bond motifs is 3. The first-order valence-corrected chi connectivity index (χ1v) is 8.10. The standard InChI is InChI=1S/C16H15ClN4O3/c17-11-3-1-2-10-14(11)19-21-13(22)8-12(18-15(10)21)9-4-6-20(7-5-9)16(23)24/h1-3,8-9,19H,4-7H2,(H,23,24). The number of hydrogen-bond donors (Lipinski definition) is 2. The fraction of sp³-hybridized carbons (Fsp3) is 0.312. The summed E-state index contributed by atoms with van der Waals surface area (Å²) in [6.45, 7) is 0.918. The van der Waals surface area contributed by atoms with E-state index in [1.54, 1.807) is 6.07 Å². The molecule has 1 aromatic carbocycles. The molecular weight excluding hydrogens is 332 g/mol.